The van der Waals surface area contributed by atoms with E-state index in [0.717, 1.165) is 0 Å². The van der Waals surface area contributed by atoms with Crippen molar-refractivity contribution in [1.82, 2.24) is 0 Å². The van der Waals surface area contributed by atoms with Gasteiger partial charge in [0.1, 0.15) is 0 Å². The molecule has 0 aliphatic rings. The van der Waals surface area contributed by atoms with Crippen LogP contribution in [0.3, 0.4) is 0 Å². The quantitative estimate of drug-likeness (QED) is 0.444. The molecule has 0 saturated heterocycles. The monoisotopic (exact) mass is 105 g/mol. The largest absolute Gasteiger partial charge is 0.510 e. The Bertz CT molecular complexity index is 55.5. The van der Waals surface area contributed by atoms with Crippen molar-refractivity contribution >= 4 is 15.9 Å². The molecule has 0 unspecified atom stereocenters. The summed E-state index contributed by atoms with van der Waals surface area (Å²) in [5, 5.41) is 0. The van der Waals surface area contributed by atoms with Crippen molar-refractivity contribution in [3.63, 3.8) is 0 Å². The van der Waals surface area contributed by atoms with Crippen LogP contribution in [0.1, 0.15) is 0 Å². The van der Waals surface area contributed by atoms with Crippen LogP contribution in [0.25, 0.3) is 0 Å². The molecule has 0 aliphatic heterocycles. The van der Waals surface area contributed by atoms with Gasteiger partial charge in [-0.3, -0.25) is 0 Å². The van der Waals surface area contributed by atoms with Crippen LogP contribution in [0, 0.1) is 0 Å². The van der Waals surface area contributed by atoms with Crippen molar-refractivity contribution in [2.45, 2.75) is 6.55 Å². The average molecular weight is 105 g/mol. The lowest BCUT2D eigenvalue weighted by Crippen LogP contribution is -2.13. The summed E-state index contributed by atoms with van der Waals surface area (Å²) in [6.07, 6.45) is -0.649. The number of hydrogen-bond donors (Lipinski definition) is 1. The van der Waals surface area contributed by atoms with Gasteiger partial charge in [0.25, 0.3) is 0 Å². The fraction of sp³-hybridized carbons (Fsp3) is 0.500. The molecule has 0 radical (unpaired) electrons. The van der Waals surface area contributed by atoms with Crippen LogP contribution < -0.4 is 5.73 Å². The highest BCUT2D eigenvalue weighted by Gasteiger charge is 1.82. The van der Waals surface area contributed by atoms with Gasteiger partial charge >= 0.3 is 6.09 Å². The maximum absolute atomic E-state index is 9.63. The van der Waals surface area contributed by atoms with E-state index < -0.39 is 15.9 Å². The second kappa shape index (κ2) is 2.71. The molecule has 3 nitrogen and oxygen atoms in total. The van der Waals surface area contributed by atoms with E-state index in [-0.39, 0.29) is 0 Å². The molecule has 6 heavy (non-hydrogen) atoms. The molecule has 0 heterocycles. The molecule has 0 saturated carbocycles. The van der Waals surface area contributed by atoms with Gasteiger partial charge < -0.3 is 10.2 Å². The molecule has 4 heteroatoms. The summed E-state index contributed by atoms with van der Waals surface area (Å²) in [6.45, 7) is 1.84. The minimum atomic E-state index is -0.649. The van der Waals surface area contributed by atoms with Crippen molar-refractivity contribution in [3.8, 4) is 0 Å². The van der Waals surface area contributed by atoms with Gasteiger partial charge in [0.2, 0.25) is 9.76 Å². The topological polar surface area (TPSA) is 52.3 Å². The van der Waals surface area contributed by atoms with E-state index >= 15 is 0 Å². The maximum Gasteiger partial charge on any atom is 0.390 e. The predicted octanol–water partition coefficient (Wildman–Crippen LogP) is -0.786. The van der Waals surface area contributed by atoms with E-state index in [4.69, 9.17) is 0 Å². The minimum Gasteiger partial charge on any atom is -0.510 e. The zero-order chi connectivity index (χ0) is 4.99. The van der Waals surface area contributed by atoms with Gasteiger partial charge in [0.15, 0.2) is 0 Å². The lowest BCUT2D eigenvalue weighted by atomic mass is 11.3. The SMILES string of the molecule is C[SiH2]OC(N)=O. The van der Waals surface area contributed by atoms with Gasteiger partial charge in [0.05, 0.1) is 0 Å². The van der Waals surface area contributed by atoms with Gasteiger partial charge in [-0.2, -0.15) is 0 Å². The van der Waals surface area contributed by atoms with E-state index in [9.17, 15) is 4.79 Å². The van der Waals surface area contributed by atoms with Gasteiger partial charge in [-0.1, -0.05) is 0 Å². The highest BCUT2D eigenvalue weighted by Crippen LogP contribution is 1.63. The number of primary amides is 1. The Morgan fingerprint density at radius 2 is 2.50 bits per heavy atom. The van der Waals surface area contributed by atoms with Crippen LogP contribution in [0.2, 0.25) is 6.55 Å². The van der Waals surface area contributed by atoms with Crippen LogP contribution in [0.4, 0.5) is 4.79 Å². The Morgan fingerprint density at radius 3 is 2.50 bits per heavy atom. The van der Waals surface area contributed by atoms with Gasteiger partial charge in [-0.05, 0) is 6.55 Å². The molecular weight excluding hydrogens is 98.1 g/mol. The standard InChI is InChI=1S/C2H7NO2Si/c1-6-5-2(3)4/h6H2,1H3,(H2,3,4). The Morgan fingerprint density at radius 1 is 2.00 bits per heavy atom. The third-order valence-corrected chi connectivity index (χ3v) is 0.860. The van der Waals surface area contributed by atoms with Crippen molar-refractivity contribution in [2.24, 2.45) is 5.73 Å². The van der Waals surface area contributed by atoms with Gasteiger partial charge in [-0.25, -0.2) is 4.79 Å². The molecule has 0 rings (SSSR count). The molecule has 0 aromatic rings. The number of carbonyl (C=O) groups excluding carboxylic acids is 1. The molecule has 0 aromatic carbocycles. The van der Waals surface area contributed by atoms with Crippen LogP contribution in [-0.2, 0) is 4.43 Å². The minimum absolute atomic E-state index is 0.608. The van der Waals surface area contributed by atoms with Crippen LogP contribution >= 0.6 is 0 Å². The summed E-state index contributed by atoms with van der Waals surface area (Å²) < 4.78 is 4.32. The molecule has 0 fully saturated rings. The molecular formula is C2H7NO2Si. The molecule has 1 amide bonds. The molecule has 0 atom stereocenters. The van der Waals surface area contributed by atoms with Gasteiger partial charge in [0, 0.05) is 0 Å². The smallest absolute Gasteiger partial charge is 0.390 e. The Labute approximate surface area is 38.4 Å². The Balaban J connectivity index is 2.83. The first-order valence-electron chi connectivity index (χ1n) is 1.69. The van der Waals surface area contributed by atoms with E-state index in [1.54, 1.807) is 0 Å². The predicted molar refractivity (Wildman–Crippen MR) is 25.1 cm³/mol. The maximum atomic E-state index is 9.63. The van der Waals surface area contributed by atoms with Crippen LogP contribution in [0.5, 0.6) is 0 Å². The Hall–Kier alpha value is -0.513. The first-order chi connectivity index (χ1) is 2.77. The third kappa shape index (κ3) is 3.49. The number of nitrogens with two attached hydrogens (primary N) is 1. The van der Waals surface area contributed by atoms with Crippen molar-refractivity contribution in [1.29, 1.82) is 0 Å². The van der Waals surface area contributed by atoms with Crippen molar-refractivity contribution in [3.05, 3.63) is 0 Å². The second-order valence-corrected chi connectivity index (χ2v) is 1.62. The van der Waals surface area contributed by atoms with Gasteiger partial charge in [-0.15, -0.1) is 0 Å². The summed E-state index contributed by atoms with van der Waals surface area (Å²) in [5.41, 5.74) is 4.58. The Kier molecular flexibility index (Phi) is 2.48. The summed E-state index contributed by atoms with van der Waals surface area (Å²) in [7, 11) is -0.608. The molecule has 0 aliphatic carbocycles. The molecule has 0 spiro atoms. The fourth-order valence-corrected chi connectivity index (χ4v) is 0.427. The summed E-state index contributed by atoms with van der Waals surface area (Å²) >= 11 is 0. The first kappa shape index (κ1) is 5.49. The van der Waals surface area contributed by atoms with E-state index in [1.165, 1.54) is 0 Å². The summed E-state index contributed by atoms with van der Waals surface area (Å²) in [6, 6.07) is 0. The van der Waals surface area contributed by atoms with E-state index in [1.807, 2.05) is 6.55 Å². The number of rotatable bonds is 1. The number of hydrogen-bond acceptors (Lipinski definition) is 2. The van der Waals surface area contributed by atoms with E-state index in [2.05, 4.69) is 10.2 Å². The third-order valence-electron chi connectivity index (χ3n) is 0.287. The van der Waals surface area contributed by atoms with Crippen molar-refractivity contribution in [2.75, 3.05) is 0 Å². The summed E-state index contributed by atoms with van der Waals surface area (Å²) in [4.78, 5) is 9.63. The average Bonchev–Trinajstić information content (AvgIpc) is 1.35. The zero-order valence-corrected chi connectivity index (χ0v) is 5.02. The zero-order valence-electron chi connectivity index (χ0n) is 3.60. The van der Waals surface area contributed by atoms with Crippen LogP contribution in [0.15, 0.2) is 0 Å². The lowest BCUT2D eigenvalue weighted by molar-refractivity contribution is 0.213. The highest BCUT2D eigenvalue weighted by molar-refractivity contribution is 6.28. The summed E-state index contributed by atoms with van der Waals surface area (Å²) in [5.74, 6) is 0. The van der Waals surface area contributed by atoms with Crippen LogP contribution in [-0.4, -0.2) is 15.9 Å². The fourth-order valence-electron chi connectivity index (χ4n) is 0.142. The molecule has 2 N–H and O–H groups in total. The first-order valence-corrected chi connectivity index (χ1v) is 3.68. The number of carbonyl (C=O) groups is 1. The highest BCUT2D eigenvalue weighted by atomic mass is 28.2. The molecule has 0 bridgehead atoms. The molecule has 36 valence electrons. The lowest BCUT2D eigenvalue weighted by Gasteiger charge is -1.89. The number of amides is 1. The normalized spacial score (nSPS) is 9.50. The van der Waals surface area contributed by atoms with E-state index in [0.29, 0.717) is 0 Å². The second-order valence-electron chi connectivity index (χ2n) is 0.752. The molecule has 0 aromatic heterocycles. The van der Waals surface area contributed by atoms with Crippen molar-refractivity contribution < 1.29 is 9.22 Å².